The molecule has 0 amide bonds. The van der Waals surface area contributed by atoms with Crippen LogP contribution in [0.25, 0.3) is 0 Å². The number of carbonyl (C=O) groups excluding carboxylic acids is 2. The van der Waals surface area contributed by atoms with E-state index in [4.69, 9.17) is 10.2 Å². The minimum Gasteiger partial charge on any atom is -0.397 e. The van der Waals surface area contributed by atoms with Crippen LogP contribution in [-0.2, 0) is 14.3 Å². The first kappa shape index (κ1) is 25.2. The van der Waals surface area contributed by atoms with Crippen LogP contribution < -0.4 is 0 Å². The molecule has 0 fully saturated rings. The predicted molar refractivity (Wildman–Crippen MR) is 69.0 cm³/mol. The number of aliphatic hydroxyl groups excluding tert-OH is 2. The summed E-state index contributed by atoms with van der Waals surface area (Å²) in [4.78, 5) is 18.9. The highest BCUT2D eigenvalue weighted by atomic mass is 16.5. The largest absolute Gasteiger partial charge is 0.397 e. The molecule has 0 bridgehead atoms. The molecule has 0 aliphatic heterocycles. The van der Waals surface area contributed by atoms with Gasteiger partial charge in [-0.1, -0.05) is 0 Å². The fourth-order valence-electron chi connectivity index (χ4n) is 0.241. The lowest BCUT2D eigenvalue weighted by molar-refractivity contribution is -0.115. The summed E-state index contributed by atoms with van der Waals surface area (Å²) >= 11 is 0. The third-order valence-electron chi connectivity index (χ3n) is 0.408. The van der Waals surface area contributed by atoms with Gasteiger partial charge in [0.05, 0.1) is 12.7 Å². The molecule has 0 aromatic heterocycles. The van der Waals surface area contributed by atoms with Gasteiger partial charge in [0.25, 0.3) is 0 Å². The fourth-order valence-corrected chi connectivity index (χ4v) is 0.241. The summed E-state index contributed by atoms with van der Waals surface area (Å²) in [6.45, 7) is 10.2. The van der Waals surface area contributed by atoms with E-state index in [0.29, 0.717) is 6.61 Å². The van der Waals surface area contributed by atoms with Crippen LogP contribution in [0.2, 0.25) is 0 Å². The van der Waals surface area contributed by atoms with Gasteiger partial charge >= 0.3 is 0 Å². The summed E-state index contributed by atoms with van der Waals surface area (Å²) in [7, 11) is 1.56. The average Bonchev–Trinajstić information content (AvgIpc) is 2.01. The zero-order valence-electron chi connectivity index (χ0n) is 12.1. The molecule has 0 saturated heterocycles. The minimum atomic E-state index is -0.324. The van der Waals surface area contributed by atoms with Gasteiger partial charge in [-0.15, -0.1) is 0 Å². The van der Waals surface area contributed by atoms with Crippen molar-refractivity contribution in [3.8, 4) is 0 Å². The highest BCUT2D eigenvalue weighted by Gasteiger charge is 1.87. The van der Waals surface area contributed by atoms with Crippen molar-refractivity contribution in [3.63, 3.8) is 0 Å². The van der Waals surface area contributed by atoms with Crippen molar-refractivity contribution in [2.24, 2.45) is 0 Å². The lowest BCUT2D eigenvalue weighted by atomic mass is 10.5. The van der Waals surface area contributed by atoms with E-state index in [-0.39, 0.29) is 24.3 Å². The normalized spacial score (nSPS) is 9.24. The molecular formula is C12H28O5. The first-order chi connectivity index (χ1) is 7.65. The molecule has 0 radical (unpaired) electrons. The Hall–Kier alpha value is -0.780. The number of carbonyl (C=O) groups is 2. The molecular weight excluding hydrogens is 224 g/mol. The third kappa shape index (κ3) is 540. The lowest BCUT2D eigenvalue weighted by Gasteiger charge is -1.97. The van der Waals surface area contributed by atoms with Crippen molar-refractivity contribution >= 4 is 11.6 Å². The SMILES string of the molecule is CC(C)=O.CC(C)=O.CCO.COCC(C)O. The molecule has 1 atom stereocenters. The van der Waals surface area contributed by atoms with Crippen molar-refractivity contribution in [2.45, 2.75) is 47.6 Å². The van der Waals surface area contributed by atoms with Crippen LogP contribution in [-0.4, -0.2) is 48.2 Å². The van der Waals surface area contributed by atoms with Crippen LogP contribution >= 0.6 is 0 Å². The van der Waals surface area contributed by atoms with Gasteiger partial charge in [-0.25, -0.2) is 0 Å². The van der Waals surface area contributed by atoms with E-state index in [0.717, 1.165) is 0 Å². The van der Waals surface area contributed by atoms with E-state index < -0.39 is 0 Å². The molecule has 0 aliphatic rings. The zero-order chi connectivity index (χ0) is 14.9. The van der Waals surface area contributed by atoms with Crippen molar-refractivity contribution < 1.29 is 24.5 Å². The van der Waals surface area contributed by atoms with Crippen LogP contribution in [0.15, 0.2) is 0 Å². The van der Waals surface area contributed by atoms with Crippen LogP contribution in [0.5, 0.6) is 0 Å². The van der Waals surface area contributed by atoms with E-state index in [1.165, 1.54) is 27.7 Å². The quantitative estimate of drug-likeness (QED) is 0.771. The van der Waals surface area contributed by atoms with Crippen molar-refractivity contribution in [3.05, 3.63) is 0 Å². The van der Waals surface area contributed by atoms with Gasteiger partial charge in [0.15, 0.2) is 0 Å². The van der Waals surface area contributed by atoms with E-state index in [1.54, 1.807) is 21.0 Å². The molecule has 0 saturated carbocycles. The summed E-state index contributed by atoms with van der Waals surface area (Å²) in [6, 6.07) is 0. The van der Waals surface area contributed by atoms with Crippen LogP contribution in [0, 0.1) is 0 Å². The highest BCUT2D eigenvalue weighted by Crippen LogP contribution is 1.75. The molecule has 5 heteroatoms. The topological polar surface area (TPSA) is 83.8 Å². The maximum atomic E-state index is 9.44. The van der Waals surface area contributed by atoms with E-state index in [1.807, 2.05) is 0 Å². The summed E-state index contributed by atoms with van der Waals surface area (Å²) in [5.41, 5.74) is 0. The number of methoxy groups -OCH3 is 1. The van der Waals surface area contributed by atoms with Crippen molar-refractivity contribution in [2.75, 3.05) is 20.3 Å². The second kappa shape index (κ2) is 24.4. The Morgan fingerprint density at radius 1 is 1.12 bits per heavy atom. The van der Waals surface area contributed by atoms with Crippen LogP contribution in [0.1, 0.15) is 41.5 Å². The molecule has 0 rings (SSSR count). The third-order valence-corrected chi connectivity index (χ3v) is 0.408. The number of Topliss-reactive ketones (excluding diaryl/α,β-unsaturated/α-hetero) is 2. The Bertz CT molecular complexity index is 135. The number of aliphatic hydroxyl groups is 2. The number of hydrogen-bond acceptors (Lipinski definition) is 5. The van der Waals surface area contributed by atoms with Crippen LogP contribution in [0.3, 0.4) is 0 Å². The fraction of sp³-hybridized carbons (Fsp3) is 0.833. The Labute approximate surface area is 105 Å². The maximum Gasteiger partial charge on any atom is 0.126 e. The molecule has 0 aromatic rings. The summed E-state index contributed by atoms with van der Waals surface area (Å²) in [5.74, 6) is 0.333. The summed E-state index contributed by atoms with van der Waals surface area (Å²) in [6.07, 6.45) is -0.324. The van der Waals surface area contributed by atoms with Gasteiger partial charge < -0.3 is 24.5 Å². The molecule has 5 nitrogen and oxygen atoms in total. The molecule has 0 heterocycles. The second-order valence-corrected chi connectivity index (χ2v) is 3.44. The van der Waals surface area contributed by atoms with Crippen LogP contribution in [0.4, 0.5) is 0 Å². The Kier molecular flexibility index (Phi) is 36.2. The van der Waals surface area contributed by atoms with Gasteiger partial charge in [-0.3, -0.25) is 0 Å². The van der Waals surface area contributed by atoms with Crippen molar-refractivity contribution in [1.29, 1.82) is 0 Å². The Balaban J connectivity index is -0.0000000688. The lowest BCUT2D eigenvalue weighted by Crippen LogP contribution is -2.07. The minimum absolute atomic E-state index is 0.167. The van der Waals surface area contributed by atoms with Crippen molar-refractivity contribution in [1.82, 2.24) is 0 Å². The van der Waals surface area contributed by atoms with Gasteiger partial charge in [-0.2, -0.15) is 0 Å². The van der Waals surface area contributed by atoms with E-state index in [9.17, 15) is 9.59 Å². The smallest absolute Gasteiger partial charge is 0.126 e. The number of ether oxygens (including phenoxy) is 1. The Morgan fingerprint density at radius 2 is 1.29 bits per heavy atom. The number of hydrogen-bond donors (Lipinski definition) is 2. The predicted octanol–water partition coefficient (Wildman–Crippen LogP) is 1.20. The maximum absolute atomic E-state index is 9.44. The molecule has 0 aromatic carbocycles. The van der Waals surface area contributed by atoms with Gasteiger partial charge in [-0.05, 0) is 41.5 Å². The average molecular weight is 252 g/mol. The second-order valence-electron chi connectivity index (χ2n) is 3.44. The molecule has 0 aliphatic carbocycles. The molecule has 0 spiro atoms. The van der Waals surface area contributed by atoms with E-state index in [2.05, 4.69) is 4.74 Å². The molecule has 17 heavy (non-hydrogen) atoms. The highest BCUT2D eigenvalue weighted by molar-refractivity contribution is 5.72. The zero-order valence-corrected chi connectivity index (χ0v) is 12.1. The summed E-state index contributed by atoms with van der Waals surface area (Å²) in [5, 5.41) is 16.0. The monoisotopic (exact) mass is 252 g/mol. The first-order valence-electron chi connectivity index (χ1n) is 5.37. The first-order valence-corrected chi connectivity index (χ1v) is 5.37. The van der Waals surface area contributed by atoms with Gasteiger partial charge in [0.1, 0.15) is 11.6 Å². The Morgan fingerprint density at radius 3 is 1.29 bits per heavy atom. The molecule has 1 unspecified atom stereocenters. The standard InChI is InChI=1S/C4H10O2.2C3H6O.C2H6O/c1-4(5)3-6-2;2*1-3(2)4;1-2-3/h4-5H,3H2,1-2H3;2*1-2H3;3H,2H2,1H3. The molecule has 2 N–H and O–H groups in total. The molecule has 106 valence electrons. The van der Waals surface area contributed by atoms with E-state index >= 15 is 0 Å². The van der Waals surface area contributed by atoms with Gasteiger partial charge in [0, 0.05) is 13.7 Å². The van der Waals surface area contributed by atoms with Gasteiger partial charge in [0.2, 0.25) is 0 Å². The number of ketones is 2. The number of rotatable bonds is 2. The summed E-state index contributed by atoms with van der Waals surface area (Å²) < 4.78 is 4.55.